The van der Waals surface area contributed by atoms with E-state index in [2.05, 4.69) is 15.4 Å². The van der Waals surface area contributed by atoms with Crippen molar-refractivity contribution in [3.63, 3.8) is 0 Å². The van der Waals surface area contributed by atoms with Gasteiger partial charge in [0.05, 0.1) is 17.9 Å². The van der Waals surface area contributed by atoms with Crippen LogP contribution in [-0.2, 0) is 14.3 Å². The Hall–Kier alpha value is -2.72. The summed E-state index contributed by atoms with van der Waals surface area (Å²) < 4.78 is 46.6. The highest BCUT2D eigenvalue weighted by Gasteiger charge is 2.37. The number of alkyl halides is 3. The quantitative estimate of drug-likeness (QED) is 0.736. The first-order valence-corrected chi connectivity index (χ1v) is 8.58. The number of fused-ring (bicyclic) bond motifs is 1. The van der Waals surface area contributed by atoms with E-state index < -0.39 is 49.1 Å². The number of nitrogens with one attached hydrogen (secondary N) is 2. The number of halogens is 3. The Morgan fingerprint density at radius 3 is 2.50 bits per heavy atom. The fourth-order valence-electron chi connectivity index (χ4n) is 2.57. The van der Waals surface area contributed by atoms with Gasteiger partial charge in [-0.25, -0.2) is 9.59 Å². The highest BCUT2D eigenvalue weighted by atomic mass is 19.4. The maximum Gasteiger partial charge on any atom is 0.422 e. The van der Waals surface area contributed by atoms with Gasteiger partial charge in [-0.1, -0.05) is 12.2 Å². The zero-order chi connectivity index (χ0) is 21.1. The van der Waals surface area contributed by atoms with Gasteiger partial charge < -0.3 is 20.1 Å². The summed E-state index contributed by atoms with van der Waals surface area (Å²) in [6.45, 7) is 2.71. The second kappa shape index (κ2) is 8.11. The van der Waals surface area contributed by atoms with Crippen LogP contribution in [0.3, 0.4) is 0 Å². The molecular weight excluding hydrogens is 383 g/mol. The lowest BCUT2D eigenvalue weighted by Crippen LogP contribution is -2.51. The Labute approximate surface area is 159 Å². The summed E-state index contributed by atoms with van der Waals surface area (Å²) in [6.07, 6.45) is -2.50. The van der Waals surface area contributed by atoms with Crippen molar-refractivity contribution in [2.45, 2.75) is 51.4 Å². The fraction of sp³-hybridized carbons (Fsp3) is 0.588. The molecular formula is C17H22F3N3O5. The molecule has 0 bridgehead atoms. The minimum absolute atomic E-state index is 0.222. The third-order valence-electron chi connectivity index (χ3n) is 3.63. The van der Waals surface area contributed by atoms with Gasteiger partial charge >= 0.3 is 18.4 Å². The standard InChI is InChI=1S/C17H22F3N3O5/c1-16(2,3)28-14(25)22-11-8-23(15(26)27-9-17(18,19)20)12-7-5-4-6-10(12)21-13(11)24/h6-7,11H,4-5,8-9H2,1-3H3,(H,21,24)(H,22,25). The minimum Gasteiger partial charge on any atom is -0.444 e. The third-order valence-corrected chi connectivity index (χ3v) is 3.63. The summed E-state index contributed by atoms with van der Waals surface area (Å²) in [6, 6.07) is -1.25. The van der Waals surface area contributed by atoms with E-state index in [4.69, 9.17) is 4.74 Å². The topological polar surface area (TPSA) is 97.0 Å². The van der Waals surface area contributed by atoms with Crippen LogP contribution in [0.15, 0.2) is 23.5 Å². The number of allylic oxidation sites excluding steroid dienone is 2. The monoisotopic (exact) mass is 405 g/mol. The van der Waals surface area contributed by atoms with Crippen LogP contribution in [0.4, 0.5) is 22.8 Å². The van der Waals surface area contributed by atoms with E-state index in [9.17, 15) is 27.6 Å². The summed E-state index contributed by atoms with van der Waals surface area (Å²) in [4.78, 5) is 37.6. The summed E-state index contributed by atoms with van der Waals surface area (Å²) >= 11 is 0. The molecule has 28 heavy (non-hydrogen) atoms. The molecule has 1 aliphatic heterocycles. The summed E-state index contributed by atoms with van der Waals surface area (Å²) in [5.74, 6) is -0.629. The summed E-state index contributed by atoms with van der Waals surface area (Å²) in [7, 11) is 0. The number of rotatable bonds is 2. The Bertz CT molecular complexity index is 710. The van der Waals surface area contributed by atoms with Gasteiger partial charge in [-0.05, 0) is 33.6 Å². The number of carbonyl (C=O) groups excluding carboxylic acids is 3. The van der Waals surface area contributed by atoms with Crippen molar-refractivity contribution in [1.82, 2.24) is 15.5 Å². The lowest BCUT2D eigenvalue weighted by Gasteiger charge is -2.27. The van der Waals surface area contributed by atoms with Crippen molar-refractivity contribution in [3.8, 4) is 0 Å². The van der Waals surface area contributed by atoms with Crippen molar-refractivity contribution < 1.29 is 37.0 Å². The Balaban J connectivity index is 2.21. The first kappa shape index (κ1) is 21.6. The predicted octanol–water partition coefficient (Wildman–Crippen LogP) is 2.57. The van der Waals surface area contributed by atoms with Crippen LogP contribution in [0, 0.1) is 0 Å². The average molecular weight is 405 g/mol. The number of amides is 3. The maximum atomic E-state index is 12.4. The van der Waals surface area contributed by atoms with E-state index in [1.54, 1.807) is 32.9 Å². The van der Waals surface area contributed by atoms with Crippen LogP contribution in [0.5, 0.6) is 0 Å². The lowest BCUT2D eigenvalue weighted by molar-refractivity contribution is -0.162. The van der Waals surface area contributed by atoms with Gasteiger partial charge in [0.25, 0.3) is 0 Å². The largest absolute Gasteiger partial charge is 0.444 e. The molecule has 0 radical (unpaired) electrons. The highest BCUT2D eigenvalue weighted by Crippen LogP contribution is 2.25. The first-order valence-electron chi connectivity index (χ1n) is 8.58. The molecule has 1 heterocycles. The second-order valence-corrected chi connectivity index (χ2v) is 7.25. The van der Waals surface area contributed by atoms with Gasteiger partial charge in [0.15, 0.2) is 6.61 Å². The Morgan fingerprint density at radius 1 is 1.25 bits per heavy atom. The van der Waals surface area contributed by atoms with Crippen LogP contribution < -0.4 is 10.6 Å². The number of alkyl carbamates (subject to hydrolysis) is 1. The zero-order valence-corrected chi connectivity index (χ0v) is 15.7. The average Bonchev–Trinajstić information content (AvgIpc) is 2.67. The SMILES string of the molecule is CC(C)(C)OC(=O)NC1CN(C(=O)OCC(F)(F)F)C2=CCCC=C2NC1=O. The van der Waals surface area contributed by atoms with Crippen molar-refractivity contribution >= 4 is 18.1 Å². The molecule has 3 amide bonds. The van der Waals surface area contributed by atoms with Crippen LogP contribution in [0.25, 0.3) is 0 Å². The molecule has 0 aromatic rings. The Kier molecular flexibility index (Phi) is 6.25. The predicted molar refractivity (Wildman–Crippen MR) is 90.8 cm³/mol. The molecule has 1 saturated heterocycles. The number of nitrogens with zero attached hydrogens (tertiary/aromatic N) is 1. The molecule has 0 spiro atoms. The number of hydrogen-bond acceptors (Lipinski definition) is 5. The van der Waals surface area contributed by atoms with Crippen molar-refractivity contribution in [2.75, 3.05) is 13.2 Å². The molecule has 0 aromatic carbocycles. The van der Waals surface area contributed by atoms with E-state index in [-0.39, 0.29) is 11.4 Å². The molecule has 1 unspecified atom stereocenters. The fourth-order valence-corrected chi connectivity index (χ4v) is 2.57. The van der Waals surface area contributed by atoms with Gasteiger partial charge in [0, 0.05) is 0 Å². The van der Waals surface area contributed by atoms with E-state index in [1.165, 1.54) is 0 Å². The van der Waals surface area contributed by atoms with Gasteiger partial charge in [-0.3, -0.25) is 9.69 Å². The van der Waals surface area contributed by atoms with Crippen molar-refractivity contribution in [1.29, 1.82) is 0 Å². The van der Waals surface area contributed by atoms with Crippen molar-refractivity contribution in [3.05, 3.63) is 23.5 Å². The van der Waals surface area contributed by atoms with E-state index in [1.807, 2.05) is 0 Å². The highest BCUT2D eigenvalue weighted by molar-refractivity contribution is 5.89. The molecule has 2 N–H and O–H groups in total. The zero-order valence-electron chi connectivity index (χ0n) is 15.7. The van der Waals surface area contributed by atoms with Gasteiger partial charge in [-0.2, -0.15) is 13.2 Å². The van der Waals surface area contributed by atoms with E-state index in [0.717, 1.165) is 4.90 Å². The second-order valence-electron chi connectivity index (χ2n) is 7.25. The summed E-state index contributed by atoms with van der Waals surface area (Å²) in [5, 5.41) is 4.90. The lowest BCUT2D eigenvalue weighted by atomic mass is 10.1. The van der Waals surface area contributed by atoms with E-state index >= 15 is 0 Å². The molecule has 2 rings (SSSR count). The Morgan fingerprint density at radius 2 is 1.89 bits per heavy atom. The van der Waals surface area contributed by atoms with Crippen molar-refractivity contribution in [2.24, 2.45) is 0 Å². The maximum absolute atomic E-state index is 12.4. The molecule has 1 fully saturated rings. The van der Waals surface area contributed by atoms with Crippen LogP contribution in [0.2, 0.25) is 0 Å². The van der Waals surface area contributed by atoms with Gasteiger partial charge in [-0.15, -0.1) is 0 Å². The number of carbonyl (C=O) groups is 3. The smallest absolute Gasteiger partial charge is 0.422 e. The molecule has 2 aliphatic rings. The van der Waals surface area contributed by atoms with Crippen LogP contribution >= 0.6 is 0 Å². The normalized spacial score (nSPS) is 20.1. The third kappa shape index (κ3) is 6.17. The van der Waals surface area contributed by atoms with Crippen LogP contribution in [0.1, 0.15) is 33.6 Å². The van der Waals surface area contributed by atoms with Crippen LogP contribution in [-0.4, -0.2) is 54.0 Å². The molecule has 11 heteroatoms. The summed E-state index contributed by atoms with van der Waals surface area (Å²) in [5.41, 5.74) is -0.329. The molecule has 1 atom stereocenters. The number of hydrogen-bond donors (Lipinski definition) is 2. The molecule has 156 valence electrons. The van der Waals surface area contributed by atoms with Gasteiger partial charge in [0.1, 0.15) is 11.6 Å². The minimum atomic E-state index is -4.69. The molecule has 1 aliphatic carbocycles. The number of ether oxygens (including phenoxy) is 2. The van der Waals surface area contributed by atoms with Gasteiger partial charge in [0.2, 0.25) is 5.91 Å². The molecule has 0 aromatic heterocycles. The molecule has 8 nitrogen and oxygen atoms in total. The van der Waals surface area contributed by atoms with E-state index in [0.29, 0.717) is 12.8 Å². The first-order chi connectivity index (χ1) is 12.9. The molecule has 0 saturated carbocycles.